The number of rotatable bonds is 6. The second-order valence-electron chi connectivity index (χ2n) is 4.23. The largest absolute Gasteiger partial charge is 0.243 e. The Kier molecular flexibility index (Phi) is 6.29. The third-order valence-electron chi connectivity index (χ3n) is 2.93. The smallest absolute Gasteiger partial charge is 0.207 e. The molecule has 1 unspecified atom stereocenters. The Morgan fingerprint density at radius 2 is 2.11 bits per heavy atom. The van der Waals surface area contributed by atoms with Crippen molar-refractivity contribution in [1.82, 2.24) is 4.31 Å². The van der Waals surface area contributed by atoms with Gasteiger partial charge in [0.1, 0.15) is 5.82 Å². The van der Waals surface area contributed by atoms with Crippen LogP contribution in [0.5, 0.6) is 0 Å². The molecule has 0 aliphatic carbocycles. The lowest BCUT2D eigenvalue weighted by molar-refractivity contribution is 0.382. The molecule has 1 atom stereocenters. The quantitative estimate of drug-likeness (QED) is 0.771. The van der Waals surface area contributed by atoms with Crippen molar-refractivity contribution in [3.63, 3.8) is 0 Å². The number of hydrogen-bond donors (Lipinski definition) is 0. The fraction of sp³-hybridized carbons (Fsp3) is 0.500. The highest BCUT2D eigenvalue weighted by Crippen LogP contribution is 2.23. The lowest BCUT2D eigenvalue weighted by Gasteiger charge is -2.24. The van der Waals surface area contributed by atoms with E-state index in [2.05, 4.69) is 15.9 Å². The van der Waals surface area contributed by atoms with E-state index in [1.165, 1.54) is 23.5 Å². The maximum Gasteiger partial charge on any atom is 0.243 e. The minimum Gasteiger partial charge on any atom is -0.207 e. The van der Waals surface area contributed by atoms with Crippen LogP contribution < -0.4 is 0 Å². The van der Waals surface area contributed by atoms with E-state index in [1.807, 2.05) is 13.2 Å². The Balaban J connectivity index is 2.99. The number of hydrogen-bond acceptors (Lipinski definition) is 3. The molecule has 108 valence electrons. The molecule has 0 spiro atoms. The maximum absolute atomic E-state index is 13.4. The fourth-order valence-electron chi connectivity index (χ4n) is 1.51. The molecule has 19 heavy (non-hydrogen) atoms. The molecule has 0 saturated heterocycles. The van der Waals surface area contributed by atoms with E-state index in [-0.39, 0.29) is 15.4 Å². The molecule has 3 nitrogen and oxygen atoms in total. The molecule has 0 aliphatic heterocycles. The summed E-state index contributed by atoms with van der Waals surface area (Å²) in [5.74, 6) is 0.307. The van der Waals surface area contributed by atoms with Crippen molar-refractivity contribution in [2.24, 2.45) is 0 Å². The summed E-state index contributed by atoms with van der Waals surface area (Å²) in [7, 11) is -2.12. The number of benzene rings is 1. The zero-order valence-corrected chi connectivity index (χ0v) is 14.3. The van der Waals surface area contributed by atoms with Gasteiger partial charge in [0.15, 0.2) is 0 Å². The van der Waals surface area contributed by atoms with Gasteiger partial charge in [-0.3, -0.25) is 0 Å². The Morgan fingerprint density at radius 3 is 2.63 bits per heavy atom. The van der Waals surface area contributed by atoms with Gasteiger partial charge in [0.25, 0.3) is 0 Å². The molecule has 7 heteroatoms. The average molecular weight is 370 g/mol. The van der Waals surface area contributed by atoms with Gasteiger partial charge in [0.05, 0.1) is 9.37 Å². The fourth-order valence-corrected chi connectivity index (χ4v) is 3.74. The van der Waals surface area contributed by atoms with Crippen molar-refractivity contribution in [2.45, 2.75) is 24.3 Å². The maximum atomic E-state index is 13.4. The van der Waals surface area contributed by atoms with Crippen molar-refractivity contribution in [3.05, 3.63) is 28.5 Å². The Labute approximate surface area is 126 Å². The minimum absolute atomic E-state index is 0.0216. The molecule has 1 aromatic rings. The summed E-state index contributed by atoms with van der Waals surface area (Å²) >= 11 is 4.68. The normalized spacial score (nSPS) is 13.8. The Bertz CT molecular complexity index is 537. The number of nitrogens with zero attached hydrogens (tertiary/aromatic N) is 1. The van der Waals surface area contributed by atoms with Gasteiger partial charge in [-0.15, -0.1) is 0 Å². The number of thioether (sulfide) groups is 1. The molecular weight excluding hydrogens is 353 g/mol. The monoisotopic (exact) mass is 369 g/mol. The summed E-state index contributed by atoms with van der Waals surface area (Å²) in [6, 6.07) is 3.73. The topological polar surface area (TPSA) is 37.4 Å². The van der Waals surface area contributed by atoms with E-state index in [1.54, 1.807) is 11.8 Å². The van der Waals surface area contributed by atoms with Crippen LogP contribution in [0.2, 0.25) is 0 Å². The van der Waals surface area contributed by atoms with Gasteiger partial charge in [-0.05, 0) is 59.5 Å². The summed E-state index contributed by atoms with van der Waals surface area (Å²) in [6.07, 6.45) is 2.74. The third-order valence-corrected chi connectivity index (χ3v) is 6.18. The predicted molar refractivity (Wildman–Crippen MR) is 81.5 cm³/mol. The van der Waals surface area contributed by atoms with Gasteiger partial charge < -0.3 is 0 Å². The van der Waals surface area contributed by atoms with Crippen molar-refractivity contribution in [1.29, 1.82) is 0 Å². The highest BCUT2D eigenvalue weighted by Gasteiger charge is 2.25. The molecule has 0 fully saturated rings. The highest BCUT2D eigenvalue weighted by atomic mass is 79.9. The first kappa shape index (κ1) is 16.9. The van der Waals surface area contributed by atoms with Crippen LogP contribution in [0.4, 0.5) is 4.39 Å². The minimum atomic E-state index is -3.64. The van der Waals surface area contributed by atoms with Gasteiger partial charge >= 0.3 is 0 Å². The van der Waals surface area contributed by atoms with Gasteiger partial charge in [0, 0.05) is 13.1 Å². The van der Waals surface area contributed by atoms with Crippen molar-refractivity contribution in [2.75, 3.05) is 19.1 Å². The van der Waals surface area contributed by atoms with Crippen molar-refractivity contribution in [3.8, 4) is 0 Å². The van der Waals surface area contributed by atoms with Crippen LogP contribution in [-0.4, -0.2) is 37.8 Å². The summed E-state index contributed by atoms with van der Waals surface area (Å²) in [5, 5.41) is 0. The van der Waals surface area contributed by atoms with Crippen LogP contribution in [0.1, 0.15) is 13.3 Å². The molecule has 0 saturated carbocycles. The standard InChI is InChI=1S/C12H17BrFNO2S2/c1-9(6-7-18-3)15(2)19(16,17)10-4-5-11(13)12(14)8-10/h4-5,8-9H,6-7H2,1-3H3. The first-order valence-corrected chi connectivity index (χ1v) is 9.35. The van der Waals surface area contributed by atoms with Crippen molar-refractivity contribution >= 4 is 37.7 Å². The van der Waals surface area contributed by atoms with Crippen LogP contribution in [0.15, 0.2) is 27.6 Å². The number of halogens is 2. The summed E-state index contributed by atoms with van der Waals surface area (Å²) in [6.45, 7) is 1.85. The lowest BCUT2D eigenvalue weighted by atomic mass is 10.3. The lowest BCUT2D eigenvalue weighted by Crippen LogP contribution is -2.35. The number of sulfonamides is 1. The van der Waals surface area contributed by atoms with Gasteiger partial charge in [-0.25, -0.2) is 12.8 Å². The molecule has 0 bridgehead atoms. The summed E-state index contributed by atoms with van der Waals surface area (Å²) in [5.41, 5.74) is 0. The molecule has 0 aliphatic rings. The van der Waals surface area contributed by atoms with Gasteiger partial charge in [-0.2, -0.15) is 16.1 Å². The SMILES string of the molecule is CSCCC(C)N(C)S(=O)(=O)c1ccc(Br)c(F)c1. The van der Waals surface area contributed by atoms with Crippen LogP contribution in [0.25, 0.3) is 0 Å². The van der Waals surface area contributed by atoms with E-state index in [9.17, 15) is 12.8 Å². The predicted octanol–water partition coefficient (Wildman–Crippen LogP) is 3.35. The van der Waals surface area contributed by atoms with E-state index in [0.717, 1.165) is 18.2 Å². The first-order valence-electron chi connectivity index (χ1n) is 5.72. The zero-order chi connectivity index (χ0) is 14.6. The highest BCUT2D eigenvalue weighted by molar-refractivity contribution is 9.10. The van der Waals surface area contributed by atoms with E-state index in [0.29, 0.717) is 0 Å². The average Bonchev–Trinajstić information content (AvgIpc) is 2.37. The Morgan fingerprint density at radius 1 is 1.47 bits per heavy atom. The molecular formula is C12H17BrFNO2S2. The molecule has 1 rings (SSSR count). The van der Waals surface area contributed by atoms with E-state index in [4.69, 9.17) is 0 Å². The second kappa shape index (κ2) is 7.06. The molecule has 0 N–H and O–H groups in total. The molecule has 0 radical (unpaired) electrons. The van der Waals surface area contributed by atoms with Crippen molar-refractivity contribution < 1.29 is 12.8 Å². The van der Waals surface area contributed by atoms with Crippen LogP contribution in [-0.2, 0) is 10.0 Å². The summed E-state index contributed by atoms with van der Waals surface area (Å²) < 4.78 is 39.7. The second-order valence-corrected chi connectivity index (χ2v) is 8.07. The molecule has 0 heterocycles. The van der Waals surface area contributed by atoms with E-state index < -0.39 is 15.8 Å². The van der Waals surface area contributed by atoms with Gasteiger partial charge in [0.2, 0.25) is 10.0 Å². The van der Waals surface area contributed by atoms with Crippen LogP contribution in [0.3, 0.4) is 0 Å². The Hall–Kier alpha value is -0.110. The van der Waals surface area contributed by atoms with Crippen LogP contribution in [0, 0.1) is 5.82 Å². The van der Waals surface area contributed by atoms with E-state index >= 15 is 0 Å². The molecule has 0 aromatic heterocycles. The zero-order valence-electron chi connectivity index (χ0n) is 11.1. The summed E-state index contributed by atoms with van der Waals surface area (Å²) in [4.78, 5) is -0.0216. The van der Waals surface area contributed by atoms with Gasteiger partial charge in [-0.1, -0.05) is 0 Å². The van der Waals surface area contributed by atoms with Crippen LogP contribution >= 0.6 is 27.7 Å². The molecule has 1 aromatic carbocycles. The molecule has 0 amide bonds. The first-order chi connectivity index (χ1) is 8.80. The third kappa shape index (κ3) is 4.18.